The fourth-order valence-electron chi connectivity index (χ4n) is 1.93. The van der Waals surface area contributed by atoms with Crippen LogP contribution < -0.4 is 15.4 Å². The van der Waals surface area contributed by atoms with Crippen LogP contribution >= 0.6 is 11.6 Å². The van der Waals surface area contributed by atoms with Crippen molar-refractivity contribution in [1.82, 2.24) is 5.32 Å². The Morgan fingerprint density at radius 2 is 2.29 bits per heavy atom. The summed E-state index contributed by atoms with van der Waals surface area (Å²) in [7, 11) is 1.34. The number of carboxylic acids is 1. The highest BCUT2D eigenvalue weighted by Crippen LogP contribution is 2.31. The summed E-state index contributed by atoms with van der Waals surface area (Å²) in [5.74, 6) is -1.40. The fraction of sp³-hybridized carbons (Fsp3) is 0.385. The molecule has 21 heavy (non-hydrogen) atoms. The molecule has 1 saturated heterocycles. The smallest absolute Gasteiger partial charge is 0.339 e. The first-order valence-electron chi connectivity index (χ1n) is 6.27. The maximum atomic E-state index is 12.0. The summed E-state index contributed by atoms with van der Waals surface area (Å²) < 4.78 is 10.3. The van der Waals surface area contributed by atoms with Gasteiger partial charge < -0.3 is 25.2 Å². The predicted octanol–water partition coefficient (Wildman–Crippen LogP) is 0.974. The zero-order valence-electron chi connectivity index (χ0n) is 11.3. The Hall–Kier alpha value is -1.83. The molecule has 1 amide bonds. The highest BCUT2D eigenvalue weighted by atomic mass is 35.5. The molecular weight excluding hydrogens is 300 g/mol. The van der Waals surface area contributed by atoms with E-state index in [0.717, 1.165) is 0 Å². The minimum atomic E-state index is -1.16. The van der Waals surface area contributed by atoms with Crippen LogP contribution in [0.15, 0.2) is 12.1 Å². The number of methoxy groups -OCH3 is 1. The number of hydrogen-bond donors (Lipinski definition) is 3. The number of carbonyl (C=O) groups excluding carboxylic acids is 1. The SMILES string of the molecule is COc1cc(NC(=O)C2CNCCO2)c(Cl)cc1C(=O)O. The van der Waals surface area contributed by atoms with Crippen LogP contribution in [-0.2, 0) is 9.53 Å². The van der Waals surface area contributed by atoms with Crippen molar-refractivity contribution in [3.8, 4) is 5.75 Å². The lowest BCUT2D eigenvalue weighted by atomic mass is 10.1. The average molecular weight is 315 g/mol. The third-order valence-electron chi connectivity index (χ3n) is 3.00. The summed E-state index contributed by atoms with van der Waals surface area (Å²) in [6.45, 7) is 1.56. The van der Waals surface area contributed by atoms with Crippen molar-refractivity contribution >= 4 is 29.2 Å². The Kier molecular flexibility index (Phi) is 5.00. The van der Waals surface area contributed by atoms with Crippen molar-refractivity contribution in [3.63, 3.8) is 0 Å². The Bertz CT molecular complexity index is 558. The third-order valence-corrected chi connectivity index (χ3v) is 3.31. The van der Waals surface area contributed by atoms with Crippen LogP contribution in [0.3, 0.4) is 0 Å². The molecule has 2 rings (SSSR count). The van der Waals surface area contributed by atoms with Crippen LogP contribution in [0.5, 0.6) is 5.75 Å². The van der Waals surface area contributed by atoms with Gasteiger partial charge in [0.15, 0.2) is 0 Å². The van der Waals surface area contributed by atoms with Gasteiger partial charge in [-0.2, -0.15) is 0 Å². The molecule has 0 radical (unpaired) electrons. The molecule has 1 heterocycles. The van der Waals surface area contributed by atoms with Crippen LogP contribution in [0.25, 0.3) is 0 Å². The van der Waals surface area contributed by atoms with Crippen LogP contribution in [-0.4, -0.2) is 49.9 Å². The molecule has 1 unspecified atom stereocenters. The molecule has 0 bridgehead atoms. The Morgan fingerprint density at radius 1 is 1.52 bits per heavy atom. The van der Waals surface area contributed by atoms with Gasteiger partial charge >= 0.3 is 5.97 Å². The molecule has 1 aromatic rings. The zero-order chi connectivity index (χ0) is 15.4. The number of anilines is 1. The molecule has 1 atom stereocenters. The van der Waals surface area contributed by atoms with Crippen molar-refractivity contribution in [2.75, 3.05) is 32.1 Å². The second-order valence-corrected chi connectivity index (χ2v) is 4.80. The number of aromatic carboxylic acids is 1. The molecule has 8 heteroatoms. The van der Waals surface area contributed by atoms with E-state index < -0.39 is 12.1 Å². The Labute approximate surface area is 126 Å². The number of carbonyl (C=O) groups is 2. The number of carboxylic acid groups (broad SMARTS) is 1. The van der Waals surface area contributed by atoms with Crippen molar-refractivity contribution in [3.05, 3.63) is 22.7 Å². The monoisotopic (exact) mass is 314 g/mol. The summed E-state index contributed by atoms with van der Waals surface area (Å²) in [5, 5.41) is 14.8. The lowest BCUT2D eigenvalue weighted by molar-refractivity contribution is -0.128. The number of ether oxygens (including phenoxy) is 2. The van der Waals surface area contributed by atoms with Gasteiger partial charge in [0, 0.05) is 19.2 Å². The minimum absolute atomic E-state index is 0.0731. The summed E-state index contributed by atoms with van der Waals surface area (Å²) in [5.41, 5.74) is 0.203. The molecule has 1 aliphatic rings. The summed E-state index contributed by atoms with van der Waals surface area (Å²) in [6.07, 6.45) is -0.611. The molecule has 0 spiro atoms. The molecule has 3 N–H and O–H groups in total. The number of rotatable bonds is 4. The van der Waals surface area contributed by atoms with Gasteiger partial charge in [-0.15, -0.1) is 0 Å². The van der Waals surface area contributed by atoms with E-state index in [4.69, 9.17) is 26.2 Å². The van der Waals surface area contributed by atoms with Gasteiger partial charge in [-0.1, -0.05) is 11.6 Å². The number of hydrogen-bond acceptors (Lipinski definition) is 5. The quantitative estimate of drug-likeness (QED) is 0.766. The van der Waals surface area contributed by atoms with Gasteiger partial charge in [0.05, 0.1) is 24.4 Å². The second-order valence-electron chi connectivity index (χ2n) is 4.39. The first kappa shape index (κ1) is 15.6. The highest BCUT2D eigenvalue weighted by molar-refractivity contribution is 6.34. The van der Waals surface area contributed by atoms with Crippen molar-refractivity contribution in [1.29, 1.82) is 0 Å². The molecule has 114 valence electrons. The molecule has 0 aliphatic carbocycles. The van der Waals surface area contributed by atoms with E-state index in [1.165, 1.54) is 19.2 Å². The Balaban J connectivity index is 2.19. The van der Waals surface area contributed by atoms with Crippen LogP contribution in [0.2, 0.25) is 5.02 Å². The van der Waals surface area contributed by atoms with E-state index in [9.17, 15) is 9.59 Å². The van der Waals surface area contributed by atoms with Crippen molar-refractivity contribution in [2.24, 2.45) is 0 Å². The van der Waals surface area contributed by atoms with Gasteiger partial charge in [0.25, 0.3) is 5.91 Å². The number of halogens is 1. The fourth-order valence-corrected chi connectivity index (χ4v) is 2.14. The molecule has 1 aliphatic heterocycles. The third kappa shape index (κ3) is 3.63. The second kappa shape index (κ2) is 6.75. The van der Waals surface area contributed by atoms with Gasteiger partial charge in [-0.25, -0.2) is 4.79 Å². The number of benzene rings is 1. The highest BCUT2D eigenvalue weighted by Gasteiger charge is 2.23. The molecule has 7 nitrogen and oxygen atoms in total. The first-order chi connectivity index (χ1) is 10.0. The van der Waals surface area contributed by atoms with E-state index in [2.05, 4.69) is 10.6 Å². The van der Waals surface area contributed by atoms with Crippen molar-refractivity contribution < 1.29 is 24.2 Å². The lowest BCUT2D eigenvalue weighted by Gasteiger charge is -2.23. The number of nitrogens with one attached hydrogen (secondary N) is 2. The maximum Gasteiger partial charge on any atom is 0.339 e. The van der Waals surface area contributed by atoms with E-state index in [1.54, 1.807) is 0 Å². The summed E-state index contributed by atoms with van der Waals surface area (Å²) in [6, 6.07) is 2.61. The normalized spacial score (nSPS) is 18.1. The molecular formula is C13H15ClN2O5. The largest absolute Gasteiger partial charge is 0.496 e. The standard InChI is InChI=1S/C13H15ClN2O5/c1-20-10-5-9(8(14)4-7(10)13(18)19)16-12(17)11-6-15-2-3-21-11/h4-5,11,15H,2-3,6H2,1H3,(H,16,17)(H,18,19). The minimum Gasteiger partial charge on any atom is -0.496 e. The number of morpholine rings is 1. The maximum absolute atomic E-state index is 12.0. The molecule has 0 aromatic heterocycles. The summed E-state index contributed by atoms with van der Waals surface area (Å²) in [4.78, 5) is 23.1. The zero-order valence-corrected chi connectivity index (χ0v) is 12.1. The van der Waals surface area contributed by atoms with Crippen LogP contribution in [0, 0.1) is 0 Å². The van der Waals surface area contributed by atoms with E-state index in [-0.39, 0.29) is 27.9 Å². The topological polar surface area (TPSA) is 96.9 Å². The Morgan fingerprint density at radius 3 is 2.86 bits per heavy atom. The molecule has 1 aromatic carbocycles. The van der Waals surface area contributed by atoms with E-state index in [1.807, 2.05) is 0 Å². The predicted molar refractivity (Wildman–Crippen MR) is 76.2 cm³/mol. The van der Waals surface area contributed by atoms with Gasteiger partial charge in [-0.05, 0) is 6.07 Å². The lowest BCUT2D eigenvalue weighted by Crippen LogP contribution is -2.45. The van der Waals surface area contributed by atoms with Gasteiger partial charge in [0.2, 0.25) is 0 Å². The van der Waals surface area contributed by atoms with Gasteiger partial charge in [0.1, 0.15) is 17.4 Å². The number of amides is 1. The summed E-state index contributed by atoms with van der Waals surface area (Å²) >= 11 is 6.00. The average Bonchev–Trinajstić information content (AvgIpc) is 2.49. The van der Waals surface area contributed by atoms with Gasteiger partial charge in [-0.3, -0.25) is 4.79 Å². The van der Waals surface area contributed by atoms with E-state index >= 15 is 0 Å². The first-order valence-corrected chi connectivity index (χ1v) is 6.64. The van der Waals surface area contributed by atoms with Crippen LogP contribution in [0.4, 0.5) is 5.69 Å². The molecule has 0 saturated carbocycles. The molecule has 1 fully saturated rings. The van der Waals surface area contributed by atoms with E-state index in [0.29, 0.717) is 19.7 Å². The van der Waals surface area contributed by atoms with Crippen LogP contribution in [0.1, 0.15) is 10.4 Å². The van der Waals surface area contributed by atoms with Crippen molar-refractivity contribution in [2.45, 2.75) is 6.10 Å².